The molecule has 218 valence electrons. The molecule has 1 heterocycles. The molecule has 2 aromatic rings. The van der Waals surface area contributed by atoms with Gasteiger partial charge in [-0.1, -0.05) is 7.43 Å². The summed E-state index contributed by atoms with van der Waals surface area (Å²) in [5.74, 6) is -5.52. The zero-order chi connectivity index (χ0) is 28.7. The maximum absolute atomic E-state index is 13.9. The van der Waals surface area contributed by atoms with Crippen molar-refractivity contribution in [2.24, 2.45) is 17.6 Å². The van der Waals surface area contributed by atoms with Gasteiger partial charge in [0, 0.05) is 23.1 Å². The summed E-state index contributed by atoms with van der Waals surface area (Å²) >= 11 is 0. The summed E-state index contributed by atoms with van der Waals surface area (Å²) in [6, 6.07) is 6.12. The molecule has 6 rings (SSSR count). The standard InChI is InChI=1S/C29H31N3O8.CH4/c1-32(2)23-17-10-12-9-16-15(19-8-5-14(40-19)11-31-13-3-4-13)6-7-18(33)21(16)24(34)20(12)26(36)29(17,39)27(37)22(25(23)35)28(30)38;/h5-8,12-13,17,23,31,33-34,37,39H,3-4,9-11H2,1-2H3,(H2,30,38);1H4/t12-,17-,23-,29-;/m0./s1. The number of aliphatic hydroxyl groups is 3. The first-order chi connectivity index (χ1) is 18.9. The number of nitrogens with one attached hydrogen (secondary N) is 1. The SMILES string of the molecule is C.CN(C)[C@@H]1C(=O)C(C(N)=O)=C(O)[C@@]2(O)C(=O)C3=C(O)c4c(O)ccc(-c5ccc(CNC6CC6)o5)c4C[C@H]3C[C@@H]12. The zero-order valence-electron chi connectivity index (χ0n) is 22.1. The number of benzene rings is 1. The van der Waals surface area contributed by atoms with Crippen LogP contribution in [0, 0.1) is 11.8 Å². The van der Waals surface area contributed by atoms with Crippen LogP contribution in [0.3, 0.4) is 0 Å². The third-order valence-corrected chi connectivity index (χ3v) is 8.67. The van der Waals surface area contributed by atoms with E-state index in [9.17, 15) is 34.8 Å². The summed E-state index contributed by atoms with van der Waals surface area (Å²) < 4.78 is 6.08. The fourth-order valence-electron chi connectivity index (χ4n) is 6.62. The number of furan rings is 1. The summed E-state index contributed by atoms with van der Waals surface area (Å²) in [6.45, 7) is 0.571. The highest BCUT2D eigenvalue weighted by atomic mass is 16.4. The number of phenols is 1. The number of carbonyl (C=O) groups excluding carboxylic acids is 3. The number of primary amides is 1. The normalized spacial score (nSPS) is 27.4. The van der Waals surface area contributed by atoms with Crippen molar-refractivity contribution < 1.29 is 39.2 Å². The highest BCUT2D eigenvalue weighted by Gasteiger charge is 2.64. The lowest BCUT2D eigenvalue weighted by molar-refractivity contribution is -0.153. The molecule has 4 atom stereocenters. The Kier molecular flexibility index (Phi) is 6.88. The average Bonchev–Trinajstić information content (AvgIpc) is 3.60. The van der Waals surface area contributed by atoms with Crippen molar-refractivity contribution in [2.75, 3.05) is 14.1 Å². The lowest BCUT2D eigenvalue weighted by Crippen LogP contribution is -2.65. The molecule has 2 fully saturated rings. The number of likely N-dealkylation sites (N-methyl/N-ethyl adjacent to an activating group) is 1. The Balaban J connectivity index is 0.00000337. The zero-order valence-corrected chi connectivity index (χ0v) is 22.1. The van der Waals surface area contributed by atoms with Crippen LogP contribution >= 0.6 is 0 Å². The van der Waals surface area contributed by atoms with Gasteiger partial charge in [0.15, 0.2) is 11.4 Å². The number of rotatable bonds is 6. The van der Waals surface area contributed by atoms with Crippen molar-refractivity contribution >= 4 is 23.2 Å². The number of ketones is 2. The van der Waals surface area contributed by atoms with E-state index in [2.05, 4.69) is 5.32 Å². The Bertz CT molecular complexity index is 1530. The van der Waals surface area contributed by atoms with E-state index in [1.165, 1.54) is 11.0 Å². The Morgan fingerprint density at radius 2 is 1.85 bits per heavy atom. The molecule has 0 spiro atoms. The Hall–Kier alpha value is -3.93. The van der Waals surface area contributed by atoms with Crippen LogP contribution in [0.15, 0.2) is 45.6 Å². The molecule has 4 aliphatic carbocycles. The summed E-state index contributed by atoms with van der Waals surface area (Å²) in [6.07, 6.45) is 2.49. The number of fused-ring (bicyclic) bond motifs is 3. The van der Waals surface area contributed by atoms with Crippen LogP contribution in [-0.4, -0.2) is 74.6 Å². The number of aromatic hydroxyl groups is 1. The van der Waals surface area contributed by atoms with Crippen LogP contribution in [0.2, 0.25) is 0 Å². The van der Waals surface area contributed by atoms with Crippen LogP contribution in [0.1, 0.15) is 43.6 Å². The summed E-state index contributed by atoms with van der Waals surface area (Å²) in [7, 11) is 3.13. The molecule has 4 aliphatic rings. The predicted octanol–water partition coefficient (Wildman–Crippen LogP) is 2.11. The average molecular weight is 566 g/mol. The van der Waals surface area contributed by atoms with Gasteiger partial charge in [0.2, 0.25) is 5.78 Å². The number of amides is 1. The van der Waals surface area contributed by atoms with Crippen LogP contribution in [0.5, 0.6) is 5.75 Å². The van der Waals surface area contributed by atoms with Crippen molar-refractivity contribution in [1.82, 2.24) is 10.2 Å². The summed E-state index contributed by atoms with van der Waals surface area (Å²) in [4.78, 5) is 40.8. The molecule has 41 heavy (non-hydrogen) atoms. The summed E-state index contributed by atoms with van der Waals surface area (Å²) in [5, 5.41) is 48.2. The number of phenolic OH excluding ortho intramolecular Hbond substituents is 1. The lowest BCUT2D eigenvalue weighted by atomic mass is 9.57. The van der Waals surface area contributed by atoms with Gasteiger partial charge in [-0.15, -0.1) is 0 Å². The highest BCUT2D eigenvalue weighted by molar-refractivity contribution is 6.24. The maximum atomic E-state index is 13.9. The number of aliphatic hydroxyl groups excluding tert-OH is 2. The van der Waals surface area contributed by atoms with Gasteiger partial charge in [-0.05, 0) is 75.5 Å². The molecule has 2 saturated carbocycles. The van der Waals surface area contributed by atoms with Crippen LogP contribution in [0.4, 0.5) is 0 Å². The van der Waals surface area contributed by atoms with Gasteiger partial charge in [-0.3, -0.25) is 19.3 Å². The molecule has 0 unspecified atom stereocenters. The minimum atomic E-state index is -2.66. The molecule has 1 aromatic heterocycles. The number of nitrogens with zero attached hydrogens (tertiary/aromatic N) is 1. The van der Waals surface area contributed by atoms with E-state index < -0.39 is 58.0 Å². The van der Waals surface area contributed by atoms with Crippen molar-refractivity contribution in [3.05, 3.63) is 58.1 Å². The van der Waals surface area contributed by atoms with E-state index in [-0.39, 0.29) is 37.2 Å². The van der Waals surface area contributed by atoms with Gasteiger partial charge in [-0.2, -0.15) is 0 Å². The molecule has 0 radical (unpaired) electrons. The minimum absolute atomic E-state index is 0. The molecule has 11 nitrogen and oxygen atoms in total. The molecule has 0 aliphatic heterocycles. The molecule has 1 aromatic carbocycles. The Morgan fingerprint density at radius 1 is 1.15 bits per heavy atom. The number of carbonyl (C=O) groups is 3. The third-order valence-electron chi connectivity index (χ3n) is 8.67. The van der Waals surface area contributed by atoms with Gasteiger partial charge in [0.1, 0.15) is 34.4 Å². The van der Waals surface area contributed by atoms with Crippen LogP contribution in [0.25, 0.3) is 17.1 Å². The van der Waals surface area contributed by atoms with Crippen LogP contribution < -0.4 is 11.1 Å². The monoisotopic (exact) mass is 565 g/mol. The molecular formula is C30H35N3O8. The number of nitrogens with two attached hydrogens (primary N) is 1. The van der Waals surface area contributed by atoms with Crippen molar-refractivity contribution in [3.63, 3.8) is 0 Å². The lowest BCUT2D eigenvalue weighted by Gasteiger charge is -2.50. The van der Waals surface area contributed by atoms with Gasteiger partial charge in [-0.25, -0.2) is 0 Å². The summed E-state index contributed by atoms with van der Waals surface area (Å²) in [5.41, 5.74) is 2.89. The smallest absolute Gasteiger partial charge is 0.255 e. The molecular weight excluding hydrogens is 530 g/mol. The highest BCUT2D eigenvalue weighted by Crippen LogP contribution is 2.53. The number of hydrogen-bond donors (Lipinski definition) is 6. The van der Waals surface area contributed by atoms with E-state index in [1.54, 1.807) is 20.2 Å². The molecule has 1 amide bonds. The molecule has 7 N–H and O–H groups in total. The van der Waals surface area contributed by atoms with E-state index >= 15 is 0 Å². The van der Waals surface area contributed by atoms with Crippen LogP contribution in [-0.2, 0) is 27.3 Å². The van der Waals surface area contributed by atoms with E-state index in [0.29, 0.717) is 29.5 Å². The van der Waals surface area contributed by atoms with E-state index in [1.807, 2.05) is 12.1 Å². The minimum Gasteiger partial charge on any atom is -0.508 e. The Labute approximate surface area is 236 Å². The molecule has 0 saturated heterocycles. The first-order valence-corrected chi connectivity index (χ1v) is 13.3. The maximum Gasteiger partial charge on any atom is 0.255 e. The van der Waals surface area contributed by atoms with Crippen molar-refractivity contribution in [3.8, 4) is 17.1 Å². The predicted molar refractivity (Wildman–Crippen MR) is 149 cm³/mol. The largest absolute Gasteiger partial charge is 0.508 e. The van der Waals surface area contributed by atoms with E-state index in [4.69, 9.17) is 10.2 Å². The topological polar surface area (TPSA) is 187 Å². The van der Waals surface area contributed by atoms with Gasteiger partial charge in [0.05, 0.1) is 18.2 Å². The third kappa shape index (κ3) is 4.18. The molecule has 11 heteroatoms. The second-order valence-corrected chi connectivity index (χ2v) is 11.4. The fraction of sp³-hybridized carbons (Fsp3) is 0.433. The van der Waals surface area contributed by atoms with Gasteiger partial charge < -0.3 is 35.9 Å². The van der Waals surface area contributed by atoms with E-state index in [0.717, 1.165) is 18.6 Å². The number of hydrogen-bond acceptors (Lipinski definition) is 10. The number of Topliss-reactive ketones (excluding diaryl/α,β-unsaturated/α-hetero) is 2. The van der Waals surface area contributed by atoms with Crippen molar-refractivity contribution in [1.29, 1.82) is 0 Å². The quantitative estimate of drug-likeness (QED) is 0.283. The van der Waals surface area contributed by atoms with Gasteiger partial charge >= 0.3 is 0 Å². The second kappa shape index (κ2) is 9.86. The second-order valence-electron chi connectivity index (χ2n) is 11.4. The first kappa shape index (κ1) is 28.6. The van der Waals surface area contributed by atoms with Gasteiger partial charge in [0.25, 0.3) is 5.91 Å². The molecule has 0 bridgehead atoms. The van der Waals surface area contributed by atoms with Crippen molar-refractivity contribution in [2.45, 2.75) is 57.3 Å². The first-order valence-electron chi connectivity index (χ1n) is 13.3. The fourth-order valence-corrected chi connectivity index (χ4v) is 6.62. The Morgan fingerprint density at radius 3 is 2.49 bits per heavy atom.